The summed E-state index contributed by atoms with van der Waals surface area (Å²) in [5, 5.41) is 0. The van der Waals surface area contributed by atoms with Crippen molar-refractivity contribution in [1.82, 2.24) is 4.90 Å². The van der Waals surface area contributed by atoms with E-state index in [1.54, 1.807) is 12.2 Å². The topological polar surface area (TPSA) is 20.3 Å². The van der Waals surface area contributed by atoms with E-state index in [-0.39, 0.29) is 5.78 Å². The van der Waals surface area contributed by atoms with E-state index < -0.39 is 0 Å². The minimum absolute atomic E-state index is 0.0235. The molecule has 2 nitrogen and oxygen atoms in total. The molecule has 0 N–H and O–H groups in total. The van der Waals surface area contributed by atoms with Gasteiger partial charge in [0.05, 0.1) is 0 Å². The number of carbonyl (C=O) groups excluding carboxylic acids is 1. The Balaban J connectivity index is 1.70. The Morgan fingerprint density at radius 3 is 1.50 bits per heavy atom. The normalized spacial score (nSPS) is 15.6. The van der Waals surface area contributed by atoms with E-state index in [9.17, 15) is 4.79 Å². The summed E-state index contributed by atoms with van der Waals surface area (Å²) >= 11 is 0. The van der Waals surface area contributed by atoms with Crippen molar-refractivity contribution in [3.63, 3.8) is 0 Å². The summed E-state index contributed by atoms with van der Waals surface area (Å²) in [7, 11) is 0. The lowest BCUT2D eigenvalue weighted by molar-refractivity contribution is -0.110. The molecule has 2 heteroatoms. The highest BCUT2D eigenvalue weighted by Gasteiger charge is 2.23. The molecule has 5 rings (SSSR count). The largest absolute Gasteiger partial charge is 0.336 e. The zero-order chi connectivity index (χ0) is 21.8. The van der Waals surface area contributed by atoms with Crippen LogP contribution in [-0.2, 0) is 11.3 Å². The maximum Gasteiger partial charge on any atom is 0.178 e. The highest BCUT2D eigenvalue weighted by Crippen LogP contribution is 2.38. The Bertz CT molecular complexity index is 1200. The van der Waals surface area contributed by atoms with Gasteiger partial charge in [-0.1, -0.05) is 103 Å². The zero-order valence-corrected chi connectivity index (χ0v) is 17.7. The molecule has 0 amide bonds. The van der Waals surface area contributed by atoms with Crippen LogP contribution in [0, 0.1) is 0 Å². The van der Waals surface area contributed by atoms with Crippen LogP contribution in [0.15, 0.2) is 139 Å². The number of benzene rings is 3. The third kappa shape index (κ3) is 4.17. The van der Waals surface area contributed by atoms with Gasteiger partial charge in [-0.15, -0.1) is 0 Å². The molecule has 0 saturated carbocycles. The molecule has 3 aromatic carbocycles. The first kappa shape index (κ1) is 19.8. The molecule has 0 atom stereocenters. The molecular formula is C30H23NO. The fourth-order valence-electron chi connectivity index (χ4n) is 4.07. The number of nitrogens with zero attached hydrogens (tertiary/aromatic N) is 1. The second kappa shape index (κ2) is 8.91. The maximum absolute atomic E-state index is 11.7. The highest BCUT2D eigenvalue weighted by atomic mass is 16.1. The highest BCUT2D eigenvalue weighted by molar-refractivity contribution is 6.01. The predicted octanol–water partition coefficient (Wildman–Crippen LogP) is 6.58. The zero-order valence-electron chi connectivity index (χ0n) is 17.7. The van der Waals surface area contributed by atoms with Gasteiger partial charge in [-0.2, -0.15) is 0 Å². The first-order valence-corrected chi connectivity index (χ1v) is 10.8. The molecule has 1 heterocycles. The molecule has 1 aliphatic carbocycles. The van der Waals surface area contributed by atoms with Crippen molar-refractivity contribution in [3.8, 4) is 0 Å². The second-order valence-electron chi connectivity index (χ2n) is 7.84. The van der Waals surface area contributed by atoms with E-state index in [1.807, 2.05) is 30.4 Å². The van der Waals surface area contributed by atoms with Crippen molar-refractivity contribution in [2.45, 2.75) is 6.54 Å². The molecule has 0 bridgehead atoms. The summed E-state index contributed by atoms with van der Waals surface area (Å²) in [4.78, 5) is 14.1. The van der Waals surface area contributed by atoms with Gasteiger partial charge in [0.25, 0.3) is 0 Å². The summed E-state index contributed by atoms with van der Waals surface area (Å²) < 4.78 is 0. The van der Waals surface area contributed by atoms with Gasteiger partial charge in [-0.05, 0) is 52.1 Å². The van der Waals surface area contributed by atoms with E-state index in [4.69, 9.17) is 0 Å². The average Bonchev–Trinajstić information content (AvgIpc) is 2.86. The Morgan fingerprint density at radius 2 is 1.00 bits per heavy atom. The smallest absolute Gasteiger partial charge is 0.178 e. The lowest BCUT2D eigenvalue weighted by atomic mass is 9.93. The Kier molecular flexibility index (Phi) is 5.50. The predicted molar refractivity (Wildman–Crippen MR) is 131 cm³/mol. The van der Waals surface area contributed by atoms with Gasteiger partial charge < -0.3 is 4.90 Å². The van der Waals surface area contributed by atoms with Crippen molar-refractivity contribution >= 4 is 17.2 Å². The van der Waals surface area contributed by atoms with Crippen LogP contribution in [-0.4, -0.2) is 10.7 Å². The first-order valence-electron chi connectivity index (χ1n) is 10.8. The molecule has 154 valence electrons. The fraction of sp³-hybridized carbons (Fsp3) is 0.0333. The quantitative estimate of drug-likeness (QED) is 0.482. The molecule has 0 radical (unpaired) electrons. The van der Waals surface area contributed by atoms with Gasteiger partial charge in [0.15, 0.2) is 5.78 Å². The third-order valence-electron chi connectivity index (χ3n) is 5.68. The average molecular weight is 414 g/mol. The van der Waals surface area contributed by atoms with Crippen LogP contribution in [0.4, 0.5) is 0 Å². The fourth-order valence-corrected chi connectivity index (χ4v) is 4.07. The Labute approximate surface area is 188 Å². The van der Waals surface area contributed by atoms with Gasteiger partial charge in [-0.25, -0.2) is 0 Å². The number of hydrogen-bond acceptors (Lipinski definition) is 2. The maximum atomic E-state index is 11.7. The van der Waals surface area contributed by atoms with Gasteiger partial charge in [0, 0.05) is 17.9 Å². The molecule has 0 saturated heterocycles. The molecule has 1 aliphatic heterocycles. The minimum Gasteiger partial charge on any atom is -0.336 e. The second-order valence-corrected chi connectivity index (χ2v) is 7.84. The van der Waals surface area contributed by atoms with Gasteiger partial charge in [0.2, 0.25) is 0 Å². The van der Waals surface area contributed by atoms with Gasteiger partial charge >= 0.3 is 0 Å². The molecule has 32 heavy (non-hydrogen) atoms. The molecular weight excluding hydrogens is 390 g/mol. The molecule has 0 spiro atoms. The number of carbonyl (C=O) groups is 1. The first-order chi connectivity index (χ1) is 15.8. The Morgan fingerprint density at radius 1 is 0.531 bits per heavy atom. The van der Waals surface area contributed by atoms with Crippen molar-refractivity contribution < 1.29 is 4.79 Å². The SMILES string of the molecule is O=C1C=CC(=C2C=C(c3ccccc3)N(Cc3ccccc3)C(c3ccccc3)=C2)C=C1. The van der Waals surface area contributed by atoms with Gasteiger partial charge in [0.1, 0.15) is 0 Å². The summed E-state index contributed by atoms with van der Waals surface area (Å²) in [6.07, 6.45) is 11.5. The van der Waals surface area contributed by atoms with E-state index in [2.05, 4.69) is 89.8 Å². The summed E-state index contributed by atoms with van der Waals surface area (Å²) in [5.74, 6) is 0.0235. The summed E-state index contributed by atoms with van der Waals surface area (Å²) in [6, 6.07) is 31.5. The summed E-state index contributed by atoms with van der Waals surface area (Å²) in [5.41, 5.74) is 7.95. The van der Waals surface area contributed by atoms with Crippen LogP contribution < -0.4 is 0 Å². The van der Waals surface area contributed by atoms with Crippen LogP contribution in [0.3, 0.4) is 0 Å². The lowest BCUT2D eigenvalue weighted by Crippen LogP contribution is -2.23. The van der Waals surface area contributed by atoms with E-state index in [0.29, 0.717) is 0 Å². The van der Waals surface area contributed by atoms with Crippen molar-refractivity contribution in [3.05, 3.63) is 155 Å². The van der Waals surface area contributed by atoms with Crippen molar-refractivity contribution in [2.75, 3.05) is 0 Å². The van der Waals surface area contributed by atoms with Crippen LogP contribution in [0.25, 0.3) is 11.4 Å². The Hall–Kier alpha value is -4.17. The minimum atomic E-state index is 0.0235. The number of ketones is 1. The number of hydrogen-bond donors (Lipinski definition) is 0. The van der Waals surface area contributed by atoms with Crippen LogP contribution in [0.5, 0.6) is 0 Å². The van der Waals surface area contributed by atoms with Crippen LogP contribution in [0.2, 0.25) is 0 Å². The van der Waals surface area contributed by atoms with Crippen LogP contribution >= 0.6 is 0 Å². The van der Waals surface area contributed by atoms with Gasteiger partial charge in [-0.3, -0.25) is 4.79 Å². The van der Waals surface area contributed by atoms with E-state index in [1.165, 1.54) is 5.56 Å². The number of rotatable bonds is 4. The summed E-state index contributed by atoms with van der Waals surface area (Å²) in [6.45, 7) is 0.759. The van der Waals surface area contributed by atoms with Crippen LogP contribution in [0.1, 0.15) is 16.7 Å². The third-order valence-corrected chi connectivity index (χ3v) is 5.68. The standard InChI is InChI=1S/C30H23NO/c32-28-18-16-24(17-19-28)27-20-29(25-12-6-2-7-13-25)31(22-23-10-4-1-5-11-23)30(21-27)26-14-8-3-9-15-26/h1-21H,22H2. The van der Waals surface area contributed by atoms with E-state index >= 15 is 0 Å². The van der Waals surface area contributed by atoms with Crippen molar-refractivity contribution in [1.29, 1.82) is 0 Å². The molecule has 0 unspecified atom stereocenters. The number of allylic oxidation sites excluding steroid dienone is 8. The monoisotopic (exact) mass is 413 g/mol. The van der Waals surface area contributed by atoms with Crippen molar-refractivity contribution in [2.24, 2.45) is 0 Å². The lowest BCUT2D eigenvalue weighted by Gasteiger charge is -2.34. The molecule has 0 fully saturated rings. The molecule has 3 aromatic rings. The van der Waals surface area contributed by atoms with E-state index in [0.717, 1.165) is 40.2 Å². The molecule has 2 aliphatic rings. The molecule has 0 aromatic heterocycles.